The summed E-state index contributed by atoms with van der Waals surface area (Å²) in [5.41, 5.74) is 1.59. The van der Waals surface area contributed by atoms with Crippen LogP contribution in [0.2, 0.25) is 0 Å². The van der Waals surface area contributed by atoms with Gasteiger partial charge in [0.05, 0.1) is 0 Å². The summed E-state index contributed by atoms with van der Waals surface area (Å²) in [6.07, 6.45) is 0.824. The van der Waals surface area contributed by atoms with Crippen LogP contribution in [0, 0.1) is 0 Å². The van der Waals surface area contributed by atoms with Crippen molar-refractivity contribution in [3.8, 4) is 0 Å². The van der Waals surface area contributed by atoms with Crippen LogP contribution in [0.3, 0.4) is 0 Å². The highest BCUT2D eigenvalue weighted by atomic mass is 16.2. The molecule has 2 nitrogen and oxygen atoms in total. The molecule has 0 saturated heterocycles. The van der Waals surface area contributed by atoms with Crippen molar-refractivity contribution in [2.75, 3.05) is 0 Å². The molecule has 11 heavy (non-hydrogen) atoms. The lowest BCUT2D eigenvalue weighted by atomic mass is 10.0. The van der Waals surface area contributed by atoms with Gasteiger partial charge in [-0.1, -0.05) is 12.5 Å². The number of ketones is 2. The van der Waals surface area contributed by atoms with Gasteiger partial charge in [0.2, 0.25) is 5.78 Å². The first-order valence-corrected chi connectivity index (χ1v) is 3.72. The second-order valence-electron chi connectivity index (χ2n) is 2.64. The van der Waals surface area contributed by atoms with E-state index in [2.05, 4.69) is 0 Å². The molecule has 0 bridgehead atoms. The van der Waals surface area contributed by atoms with Gasteiger partial charge < -0.3 is 0 Å². The third-order valence-electron chi connectivity index (χ3n) is 1.83. The molecule has 0 spiro atoms. The smallest absolute Gasteiger partial charge is 0.223 e. The van der Waals surface area contributed by atoms with E-state index < -0.39 is 0 Å². The van der Waals surface area contributed by atoms with Gasteiger partial charge in [0, 0.05) is 6.92 Å². The van der Waals surface area contributed by atoms with E-state index >= 15 is 0 Å². The van der Waals surface area contributed by atoms with Crippen molar-refractivity contribution < 1.29 is 9.59 Å². The van der Waals surface area contributed by atoms with Crippen LogP contribution in [-0.2, 0) is 9.59 Å². The molecule has 0 aliphatic carbocycles. The first-order valence-electron chi connectivity index (χ1n) is 3.72. The van der Waals surface area contributed by atoms with Gasteiger partial charge in [0.1, 0.15) is 0 Å². The fourth-order valence-corrected chi connectivity index (χ4v) is 0.723. The van der Waals surface area contributed by atoms with Gasteiger partial charge in [0.15, 0.2) is 5.78 Å². The minimum atomic E-state index is -0.379. The summed E-state index contributed by atoms with van der Waals surface area (Å²) in [4.78, 5) is 21.7. The summed E-state index contributed by atoms with van der Waals surface area (Å²) >= 11 is 0. The van der Waals surface area contributed by atoms with E-state index in [0.29, 0.717) is 5.57 Å². The fraction of sp³-hybridized carbons (Fsp3) is 0.556. The predicted molar refractivity (Wildman–Crippen MR) is 44.4 cm³/mol. The molecule has 0 aromatic heterocycles. The van der Waals surface area contributed by atoms with Crippen LogP contribution in [0.4, 0.5) is 0 Å². The minimum Gasteiger partial charge on any atom is -0.291 e. The maximum absolute atomic E-state index is 11.0. The van der Waals surface area contributed by atoms with Gasteiger partial charge in [0.25, 0.3) is 0 Å². The topological polar surface area (TPSA) is 34.1 Å². The molecule has 0 aromatic carbocycles. The highest BCUT2D eigenvalue weighted by Crippen LogP contribution is 2.08. The zero-order valence-corrected chi connectivity index (χ0v) is 7.52. The highest BCUT2D eigenvalue weighted by molar-refractivity contribution is 6.42. The van der Waals surface area contributed by atoms with Gasteiger partial charge in [-0.25, -0.2) is 0 Å². The summed E-state index contributed by atoms with van der Waals surface area (Å²) in [5, 5.41) is 0. The summed E-state index contributed by atoms with van der Waals surface area (Å²) in [6.45, 7) is 6.83. The largest absolute Gasteiger partial charge is 0.291 e. The molecule has 0 rings (SSSR count). The number of hydrogen-bond donors (Lipinski definition) is 0. The van der Waals surface area contributed by atoms with E-state index in [4.69, 9.17) is 0 Å². The van der Waals surface area contributed by atoms with Crippen molar-refractivity contribution >= 4 is 11.6 Å². The second kappa shape index (κ2) is 4.06. The fourth-order valence-electron chi connectivity index (χ4n) is 0.723. The number of carbonyl (C=O) groups excluding carboxylic acids is 2. The van der Waals surface area contributed by atoms with E-state index in [1.165, 1.54) is 6.92 Å². The zero-order chi connectivity index (χ0) is 9.02. The van der Waals surface area contributed by atoms with Crippen LogP contribution in [0.1, 0.15) is 34.1 Å². The Bertz CT molecular complexity index is 212. The quantitative estimate of drug-likeness (QED) is 0.459. The van der Waals surface area contributed by atoms with Crippen molar-refractivity contribution in [1.29, 1.82) is 0 Å². The van der Waals surface area contributed by atoms with Crippen molar-refractivity contribution in [3.05, 3.63) is 11.1 Å². The molecular weight excluding hydrogens is 140 g/mol. The number of Topliss-reactive ketones (excluding diaryl/α,β-unsaturated/α-hetero) is 2. The first-order chi connectivity index (χ1) is 5.00. The molecule has 0 aliphatic heterocycles. The maximum atomic E-state index is 11.0. The molecule has 0 saturated carbocycles. The highest BCUT2D eigenvalue weighted by Gasteiger charge is 2.11. The summed E-state index contributed by atoms with van der Waals surface area (Å²) in [6, 6.07) is 0. The van der Waals surface area contributed by atoms with Crippen LogP contribution >= 0.6 is 0 Å². The number of hydrogen-bond acceptors (Lipinski definition) is 2. The SMILES string of the molecule is CCC(C)=C(C)C(=O)C(C)=O. The molecule has 62 valence electrons. The average Bonchev–Trinajstić information content (AvgIpc) is 2.00. The van der Waals surface area contributed by atoms with Gasteiger partial charge in [-0.05, 0) is 25.8 Å². The Kier molecular flexibility index (Phi) is 3.72. The Hall–Kier alpha value is -0.920. The number of rotatable bonds is 3. The molecule has 0 heterocycles. The Balaban J connectivity index is 4.61. The van der Waals surface area contributed by atoms with E-state index in [0.717, 1.165) is 12.0 Å². The minimum absolute atomic E-state index is 0.357. The van der Waals surface area contributed by atoms with E-state index in [9.17, 15) is 9.59 Å². The van der Waals surface area contributed by atoms with E-state index in [-0.39, 0.29) is 11.6 Å². The lowest BCUT2D eigenvalue weighted by Crippen LogP contribution is -2.11. The lowest BCUT2D eigenvalue weighted by molar-refractivity contribution is -0.133. The van der Waals surface area contributed by atoms with E-state index in [1.54, 1.807) is 6.92 Å². The monoisotopic (exact) mass is 154 g/mol. The maximum Gasteiger partial charge on any atom is 0.223 e. The predicted octanol–water partition coefficient (Wildman–Crippen LogP) is 1.89. The van der Waals surface area contributed by atoms with Crippen LogP contribution in [0.25, 0.3) is 0 Å². The zero-order valence-electron chi connectivity index (χ0n) is 7.52. The van der Waals surface area contributed by atoms with Crippen LogP contribution in [-0.4, -0.2) is 11.6 Å². The van der Waals surface area contributed by atoms with Gasteiger partial charge in [-0.2, -0.15) is 0 Å². The van der Waals surface area contributed by atoms with Crippen LogP contribution in [0.5, 0.6) is 0 Å². The first kappa shape index (κ1) is 10.1. The van der Waals surface area contributed by atoms with Crippen LogP contribution < -0.4 is 0 Å². The summed E-state index contributed by atoms with van der Waals surface area (Å²) < 4.78 is 0. The lowest BCUT2D eigenvalue weighted by Gasteiger charge is -2.00. The van der Waals surface area contributed by atoms with Crippen molar-refractivity contribution in [1.82, 2.24) is 0 Å². The van der Waals surface area contributed by atoms with Crippen molar-refractivity contribution in [3.63, 3.8) is 0 Å². The molecule has 0 unspecified atom stereocenters. The Morgan fingerprint density at radius 3 is 1.82 bits per heavy atom. The molecule has 0 radical (unpaired) electrons. The standard InChI is InChI=1S/C9H14O2/c1-5-6(2)7(3)9(11)8(4)10/h5H2,1-4H3. The molecule has 2 heteroatoms. The number of allylic oxidation sites excluding steroid dienone is 2. The van der Waals surface area contributed by atoms with Gasteiger partial charge in [-0.15, -0.1) is 0 Å². The average molecular weight is 154 g/mol. The van der Waals surface area contributed by atoms with E-state index in [1.807, 2.05) is 13.8 Å². The van der Waals surface area contributed by atoms with Crippen molar-refractivity contribution in [2.45, 2.75) is 34.1 Å². The molecule has 0 amide bonds. The molecule has 0 fully saturated rings. The van der Waals surface area contributed by atoms with Crippen LogP contribution in [0.15, 0.2) is 11.1 Å². The van der Waals surface area contributed by atoms with Gasteiger partial charge in [-0.3, -0.25) is 9.59 Å². The molecule has 0 atom stereocenters. The Morgan fingerprint density at radius 1 is 1.09 bits per heavy atom. The Morgan fingerprint density at radius 2 is 1.55 bits per heavy atom. The van der Waals surface area contributed by atoms with Crippen molar-refractivity contribution in [2.24, 2.45) is 0 Å². The third kappa shape index (κ3) is 2.66. The molecule has 0 N–H and O–H groups in total. The molecular formula is C9H14O2. The second-order valence-corrected chi connectivity index (χ2v) is 2.64. The number of carbonyl (C=O) groups is 2. The van der Waals surface area contributed by atoms with Gasteiger partial charge >= 0.3 is 0 Å². The Labute approximate surface area is 67.3 Å². The summed E-state index contributed by atoms with van der Waals surface area (Å²) in [7, 11) is 0. The normalized spacial score (nSPS) is 12.4. The molecule has 0 aromatic rings. The molecule has 0 aliphatic rings. The third-order valence-corrected chi connectivity index (χ3v) is 1.83. The summed E-state index contributed by atoms with van der Waals surface area (Å²) in [5.74, 6) is -0.736.